The molecule has 1 aromatic rings. The lowest BCUT2D eigenvalue weighted by Gasteiger charge is -2.39. The first-order valence-electron chi connectivity index (χ1n) is 10.7. The topological polar surface area (TPSA) is 44.8 Å². The van der Waals surface area contributed by atoms with Crippen molar-refractivity contribution in [1.29, 1.82) is 0 Å². The Hall–Kier alpha value is -1.73. The number of anilines is 1. The van der Waals surface area contributed by atoms with Gasteiger partial charge in [0.2, 0.25) is 0 Å². The van der Waals surface area contributed by atoms with E-state index in [-0.39, 0.29) is 31.1 Å². The van der Waals surface area contributed by atoms with Gasteiger partial charge < -0.3 is 15.0 Å². The molecule has 2 heterocycles. The van der Waals surface area contributed by atoms with Crippen molar-refractivity contribution in [3.05, 3.63) is 29.8 Å². The number of rotatable bonds is 6. The van der Waals surface area contributed by atoms with E-state index in [4.69, 9.17) is 4.74 Å². The van der Waals surface area contributed by atoms with Crippen LogP contribution in [0.25, 0.3) is 0 Å². The van der Waals surface area contributed by atoms with E-state index in [9.17, 15) is 13.6 Å². The molecular formula is C22H31F2N3O2. The number of halogens is 2. The van der Waals surface area contributed by atoms with Gasteiger partial charge in [0, 0.05) is 43.9 Å². The Bertz CT molecular complexity index is 718. The smallest absolute Gasteiger partial charge is 0.321 e. The van der Waals surface area contributed by atoms with Crippen LogP contribution in [-0.2, 0) is 4.74 Å². The molecule has 3 aliphatic rings. The third-order valence-electron chi connectivity index (χ3n) is 6.39. The van der Waals surface area contributed by atoms with Gasteiger partial charge in [0.15, 0.2) is 0 Å². The van der Waals surface area contributed by atoms with Gasteiger partial charge in [-0.3, -0.25) is 4.90 Å². The summed E-state index contributed by atoms with van der Waals surface area (Å²) in [7, 11) is 0. The first-order chi connectivity index (χ1) is 13.9. The van der Waals surface area contributed by atoms with Crippen molar-refractivity contribution in [2.75, 3.05) is 38.2 Å². The molecule has 0 radical (unpaired) electrons. The molecule has 2 aliphatic heterocycles. The normalized spacial score (nSPS) is 25.3. The van der Waals surface area contributed by atoms with Gasteiger partial charge in [-0.2, -0.15) is 0 Å². The predicted octanol–water partition coefficient (Wildman–Crippen LogP) is 4.13. The maximum Gasteiger partial charge on any atom is 0.321 e. The summed E-state index contributed by atoms with van der Waals surface area (Å²) in [6.07, 6.45) is 3.72. The van der Waals surface area contributed by atoms with E-state index in [1.54, 1.807) is 4.90 Å². The van der Waals surface area contributed by atoms with Crippen LogP contribution >= 0.6 is 0 Å². The second-order valence-electron chi connectivity index (χ2n) is 8.83. The molecule has 1 saturated carbocycles. The standard InChI is InChI=1S/C22H31F2N3O2/c1-16-4-2-3-5-20(16)25-21(28)26-10-8-18(9-11-26)27-15-22(23,24)12-19(27)14-29-13-17-6-7-17/h2-5,17-19H,6-15H2,1H3,(H,25,28)/t19-/m0/s1. The predicted molar refractivity (Wildman–Crippen MR) is 108 cm³/mol. The Kier molecular flexibility index (Phi) is 6.06. The monoisotopic (exact) mass is 407 g/mol. The zero-order valence-electron chi connectivity index (χ0n) is 17.1. The van der Waals surface area contributed by atoms with Crippen molar-refractivity contribution < 1.29 is 18.3 Å². The molecule has 2 saturated heterocycles. The van der Waals surface area contributed by atoms with Crippen LogP contribution in [0, 0.1) is 12.8 Å². The maximum absolute atomic E-state index is 14.1. The number of hydrogen-bond acceptors (Lipinski definition) is 3. The van der Waals surface area contributed by atoms with Crippen LogP contribution in [-0.4, -0.2) is 66.7 Å². The first kappa shape index (κ1) is 20.5. The number of nitrogens with one attached hydrogen (secondary N) is 1. The second-order valence-corrected chi connectivity index (χ2v) is 8.83. The quantitative estimate of drug-likeness (QED) is 0.771. The minimum Gasteiger partial charge on any atom is -0.380 e. The van der Waals surface area contributed by atoms with Gasteiger partial charge in [0.05, 0.1) is 13.2 Å². The van der Waals surface area contributed by atoms with Crippen molar-refractivity contribution in [1.82, 2.24) is 9.80 Å². The summed E-state index contributed by atoms with van der Waals surface area (Å²) >= 11 is 0. The molecule has 0 spiro atoms. The number of amides is 2. The molecule has 1 aromatic carbocycles. The van der Waals surface area contributed by atoms with E-state index in [2.05, 4.69) is 5.32 Å². The molecule has 0 bridgehead atoms. The van der Waals surface area contributed by atoms with E-state index in [0.29, 0.717) is 32.2 Å². The number of nitrogens with zero attached hydrogens (tertiary/aromatic N) is 2. The molecule has 7 heteroatoms. The molecule has 1 N–H and O–H groups in total. The summed E-state index contributed by atoms with van der Waals surface area (Å²) in [5.41, 5.74) is 1.83. The zero-order chi connectivity index (χ0) is 20.4. The summed E-state index contributed by atoms with van der Waals surface area (Å²) in [6.45, 7) is 4.03. The molecule has 3 fully saturated rings. The van der Waals surface area contributed by atoms with Gasteiger partial charge in [-0.25, -0.2) is 13.6 Å². The average molecular weight is 408 g/mol. The molecule has 5 nitrogen and oxygen atoms in total. The molecule has 0 unspecified atom stereocenters. The minimum atomic E-state index is -2.65. The van der Waals surface area contributed by atoms with Crippen molar-refractivity contribution in [3.8, 4) is 0 Å². The molecule has 29 heavy (non-hydrogen) atoms. The van der Waals surface area contributed by atoms with Gasteiger partial charge >= 0.3 is 6.03 Å². The van der Waals surface area contributed by atoms with E-state index >= 15 is 0 Å². The van der Waals surface area contributed by atoms with Crippen LogP contribution in [0.2, 0.25) is 0 Å². The number of ether oxygens (including phenoxy) is 1. The number of benzene rings is 1. The number of carbonyl (C=O) groups is 1. The highest BCUT2D eigenvalue weighted by Crippen LogP contribution is 2.36. The summed E-state index contributed by atoms with van der Waals surface area (Å²) in [4.78, 5) is 16.3. The molecule has 0 aromatic heterocycles. The van der Waals surface area contributed by atoms with E-state index < -0.39 is 5.92 Å². The summed E-state index contributed by atoms with van der Waals surface area (Å²) in [5.74, 6) is -2.01. The van der Waals surface area contributed by atoms with Crippen LogP contribution in [0.3, 0.4) is 0 Å². The van der Waals surface area contributed by atoms with E-state index in [0.717, 1.165) is 24.1 Å². The number of piperidine rings is 1. The lowest BCUT2D eigenvalue weighted by molar-refractivity contribution is 0.00378. The van der Waals surface area contributed by atoms with E-state index in [1.807, 2.05) is 36.1 Å². The first-order valence-corrected chi connectivity index (χ1v) is 10.7. The number of carbonyl (C=O) groups excluding carboxylic acids is 1. The average Bonchev–Trinajstić information content (AvgIpc) is 3.46. The van der Waals surface area contributed by atoms with Gasteiger partial charge in [-0.05, 0) is 50.2 Å². The van der Waals surface area contributed by atoms with E-state index in [1.165, 1.54) is 12.8 Å². The number of alkyl halides is 2. The zero-order valence-corrected chi connectivity index (χ0v) is 17.1. The van der Waals surface area contributed by atoms with Gasteiger partial charge in [-0.15, -0.1) is 0 Å². The molecule has 1 atom stereocenters. The molecular weight excluding hydrogens is 376 g/mol. The minimum absolute atomic E-state index is 0.0837. The molecule has 1 aliphatic carbocycles. The van der Waals surface area contributed by atoms with Crippen LogP contribution in [0.5, 0.6) is 0 Å². The van der Waals surface area contributed by atoms with Crippen molar-refractivity contribution >= 4 is 11.7 Å². The summed E-state index contributed by atoms with van der Waals surface area (Å²) in [6, 6.07) is 7.43. The third kappa shape index (κ3) is 5.25. The Morgan fingerprint density at radius 3 is 2.59 bits per heavy atom. The highest BCUT2D eigenvalue weighted by Gasteiger charge is 2.47. The lowest BCUT2D eigenvalue weighted by Crippen LogP contribution is -2.50. The Morgan fingerprint density at radius 1 is 1.17 bits per heavy atom. The number of urea groups is 1. The van der Waals surface area contributed by atoms with Crippen molar-refractivity contribution in [3.63, 3.8) is 0 Å². The lowest BCUT2D eigenvalue weighted by atomic mass is 10.0. The number of aryl methyl sites for hydroxylation is 1. The number of likely N-dealkylation sites (tertiary alicyclic amines) is 2. The van der Waals surface area contributed by atoms with Crippen LogP contribution in [0.15, 0.2) is 24.3 Å². The molecule has 2 amide bonds. The Morgan fingerprint density at radius 2 is 1.90 bits per heavy atom. The van der Waals surface area contributed by atoms with Crippen LogP contribution < -0.4 is 5.32 Å². The fraction of sp³-hybridized carbons (Fsp3) is 0.682. The highest BCUT2D eigenvalue weighted by atomic mass is 19.3. The van der Waals surface area contributed by atoms with Crippen LogP contribution in [0.1, 0.15) is 37.7 Å². The third-order valence-corrected chi connectivity index (χ3v) is 6.39. The molecule has 4 rings (SSSR count). The highest BCUT2D eigenvalue weighted by molar-refractivity contribution is 5.90. The number of hydrogen-bond donors (Lipinski definition) is 1. The number of para-hydroxylation sites is 1. The SMILES string of the molecule is Cc1ccccc1NC(=O)N1CCC(N2CC(F)(F)C[C@H]2COCC2CC2)CC1. The second kappa shape index (κ2) is 8.56. The van der Waals surface area contributed by atoms with Gasteiger partial charge in [-0.1, -0.05) is 18.2 Å². The summed E-state index contributed by atoms with van der Waals surface area (Å²) < 4.78 is 34.0. The fourth-order valence-electron chi connectivity index (χ4n) is 4.47. The molecule has 160 valence electrons. The summed E-state index contributed by atoms with van der Waals surface area (Å²) in [5, 5.41) is 2.96. The van der Waals surface area contributed by atoms with Gasteiger partial charge in [0.1, 0.15) is 0 Å². The van der Waals surface area contributed by atoms with Crippen LogP contribution in [0.4, 0.5) is 19.3 Å². The van der Waals surface area contributed by atoms with Crippen molar-refractivity contribution in [2.45, 2.75) is 57.0 Å². The maximum atomic E-state index is 14.1. The Balaban J connectivity index is 1.29. The van der Waals surface area contributed by atoms with Gasteiger partial charge in [0.25, 0.3) is 5.92 Å². The fourth-order valence-corrected chi connectivity index (χ4v) is 4.47. The largest absolute Gasteiger partial charge is 0.380 e. The Labute approximate surface area is 171 Å². The van der Waals surface area contributed by atoms with Crippen molar-refractivity contribution in [2.24, 2.45) is 5.92 Å².